The maximum Gasteiger partial charge on any atom is 0.376 e. The number of rotatable bonds is 2. The monoisotopic (exact) mass is 292 g/mol. The van der Waals surface area contributed by atoms with Crippen LogP contribution in [0.15, 0.2) is 0 Å². The molecule has 1 amide bonds. The van der Waals surface area contributed by atoms with Gasteiger partial charge in [0.05, 0.1) is 5.41 Å². The predicted octanol–water partition coefficient (Wildman–Crippen LogP) is 1.99. The topological polar surface area (TPSA) is 43.8 Å². The number of likely N-dealkylation sites (tertiary alicyclic amines) is 1. The first-order valence-corrected chi connectivity index (χ1v) is 8.72. The molecule has 2 saturated heterocycles. The van der Waals surface area contributed by atoms with Gasteiger partial charge in [-0.05, 0) is 65.4 Å². The van der Waals surface area contributed by atoms with Crippen LogP contribution < -0.4 is 0 Å². The molecule has 5 heteroatoms. The summed E-state index contributed by atoms with van der Waals surface area (Å²) in [4.78, 5) is 17.5. The maximum atomic E-state index is 13.2. The molecule has 3 fully saturated rings. The van der Waals surface area contributed by atoms with Crippen LogP contribution in [0.2, 0.25) is 6.82 Å². The lowest BCUT2D eigenvalue weighted by Gasteiger charge is -2.43. The van der Waals surface area contributed by atoms with Crippen LogP contribution in [0.4, 0.5) is 0 Å². The first kappa shape index (κ1) is 15.4. The summed E-state index contributed by atoms with van der Waals surface area (Å²) in [6.07, 6.45) is 6.82. The second-order valence-electron chi connectivity index (χ2n) is 7.59. The van der Waals surface area contributed by atoms with E-state index in [0.29, 0.717) is 23.9 Å². The Labute approximate surface area is 129 Å². The minimum absolute atomic E-state index is 0.124. The first-order valence-electron chi connectivity index (χ1n) is 8.72. The molecule has 0 aromatic heterocycles. The number of amides is 1. The van der Waals surface area contributed by atoms with Gasteiger partial charge < -0.3 is 14.7 Å². The molecule has 118 valence electrons. The van der Waals surface area contributed by atoms with Crippen LogP contribution in [0.25, 0.3) is 0 Å². The number of fused-ring (bicyclic) bond motifs is 2. The average Bonchev–Trinajstić information content (AvgIpc) is 2.70. The zero-order valence-electron chi connectivity index (χ0n) is 13.7. The highest BCUT2D eigenvalue weighted by Gasteiger charge is 2.60. The fourth-order valence-electron chi connectivity index (χ4n) is 5.15. The van der Waals surface area contributed by atoms with Gasteiger partial charge >= 0.3 is 7.05 Å². The van der Waals surface area contributed by atoms with Crippen molar-refractivity contribution in [1.82, 2.24) is 9.71 Å². The number of nitrogens with zero attached hydrogens (tertiary/aromatic N) is 2. The molecular weight excluding hydrogens is 263 g/mol. The van der Waals surface area contributed by atoms with E-state index in [-0.39, 0.29) is 12.5 Å². The Morgan fingerprint density at radius 3 is 2.43 bits per heavy atom. The molecule has 1 saturated carbocycles. The Kier molecular flexibility index (Phi) is 4.08. The van der Waals surface area contributed by atoms with Crippen molar-refractivity contribution in [2.24, 2.45) is 11.3 Å². The Morgan fingerprint density at radius 1 is 1.24 bits per heavy atom. The number of hydrogen-bond donors (Lipinski definition) is 1. The standard InChI is InChI=1S/C16H29BN2O2/c1-12(2)19-14-7-5-4-6-13(14)16(15(19)20)8-10-18(11-9-16)17(3)21/h12-14,21H,4-11H2,1-3H3. The molecule has 0 aromatic carbocycles. The van der Waals surface area contributed by atoms with Crippen molar-refractivity contribution in [2.45, 2.75) is 71.3 Å². The molecule has 2 heterocycles. The summed E-state index contributed by atoms with van der Waals surface area (Å²) in [7, 11) is -0.387. The van der Waals surface area contributed by atoms with Crippen molar-refractivity contribution < 1.29 is 9.82 Å². The van der Waals surface area contributed by atoms with Gasteiger partial charge in [-0.25, -0.2) is 0 Å². The molecule has 3 aliphatic rings. The van der Waals surface area contributed by atoms with Gasteiger partial charge in [0.2, 0.25) is 5.91 Å². The SMILES string of the molecule is CB(O)N1CCC2(CC1)C(=O)N(C(C)C)C1CCCCC12. The summed E-state index contributed by atoms with van der Waals surface area (Å²) in [6.45, 7) is 7.87. The van der Waals surface area contributed by atoms with Gasteiger partial charge in [-0.1, -0.05) is 12.8 Å². The highest BCUT2D eigenvalue weighted by Crippen LogP contribution is 2.54. The first-order chi connectivity index (χ1) is 9.97. The normalized spacial score (nSPS) is 32.8. The summed E-state index contributed by atoms with van der Waals surface area (Å²) in [5.74, 6) is 0.969. The van der Waals surface area contributed by atoms with E-state index >= 15 is 0 Å². The number of carbonyl (C=O) groups excluding carboxylic acids is 1. The van der Waals surface area contributed by atoms with Crippen molar-refractivity contribution in [3.63, 3.8) is 0 Å². The number of piperidine rings is 1. The van der Waals surface area contributed by atoms with E-state index < -0.39 is 0 Å². The number of carbonyl (C=O) groups is 1. The van der Waals surface area contributed by atoms with Gasteiger partial charge in [-0.15, -0.1) is 0 Å². The molecule has 2 unspecified atom stereocenters. The second kappa shape index (κ2) is 5.58. The summed E-state index contributed by atoms with van der Waals surface area (Å²) in [5, 5.41) is 9.78. The van der Waals surface area contributed by atoms with Gasteiger partial charge in [0, 0.05) is 12.1 Å². The van der Waals surface area contributed by atoms with E-state index in [2.05, 4.69) is 23.6 Å². The quantitative estimate of drug-likeness (QED) is 0.792. The minimum atomic E-state index is -0.387. The van der Waals surface area contributed by atoms with Gasteiger partial charge in [-0.2, -0.15) is 0 Å². The van der Waals surface area contributed by atoms with Crippen LogP contribution in [-0.2, 0) is 4.79 Å². The van der Waals surface area contributed by atoms with Gasteiger partial charge in [-0.3, -0.25) is 4.79 Å². The average molecular weight is 292 g/mol. The second-order valence-corrected chi connectivity index (χ2v) is 7.59. The van der Waals surface area contributed by atoms with Crippen molar-refractivity contribution >= 4 is 13.0 Å². The van der Waals surface area contributed by atoms with E-state index in [1.54, 1.807) is 0 Å². The van der Waals surface area contributed by atoms with Crippen LogP contribution in [0.1, 0.15) is 52.4 Å². The molecule has 2 atom stereocenters. The molecule has 0 radical (unpaired) electrons. The van der Waals surface area contributed by atoms with Crippen LogP contribution in [0.5, 0.6) is 0 Å². The molecule has 0 bridgehead atoms. The lowest BCUT2D eigenvalue weighted by molar-refractivity contribution is -0.140. The summed E-state index contributed by atoms with van der Waals surface area (Å²) >= 11 is 0. The molecule has 0 aromatic rings. The highest BCUT2D eigenvalue weighted by molar-refractivity contribution is 6.45. The maximum absolute atomic E-state index is 13.2. The predicted molar refractivity (Wildman–Crippen MR) is 84.8 cm³/mol. The zero-order valence-corrected chi connectivity index (χ0v) is 13.7. The largest absolute Gasteiger partial charge is 0.437 e. The third-order valence-corrected chi connectivity index (χ3v) is 6.23. The van der Waals surface area contributed by atoms with Crippen molar-refractivity contribution in [3.05, 3.63) is 0 Å². The summed E-state index contributed by atoms with van der Waals surface area (Å²) in [5.41, 5.74) is -0.124. The molecule has 4 nitrogen and oxygen atoms in total. The van der Waals surface area contributed by atoms with Gasteiger partial charge in [0.1, 0.15) is 0 Å². The molecule has 1 N–H and O–H groups in total. The lowest BCUT2D eigenvalue weighted by Crippen LogP contribution is -2.51. The summed E-state index contributed by atoms with van der Waals surface area (Å²) in [6, 6.07) is 0.793. The summed E-state index contributed by atoms with van der Waals surface area (Å²) < 4.78 is 0. The Bertz CT molecular complexity index is 405. The Morgan fingerprint density at radius 2 is 1.86 bits per heavy atom. The van der Waals surface area contributed by atoms with E-state index in [4.69, 9.17) is 0 Å². The van der Waals surface area contributed by atoms with Gasteiger partial charge in [0.25, 0.3) is 0 Å². The van der Waals surface area contributed by atoms with Crippen molar-refractivity contribution in [3.8, 4) is 0 Å². The van der Waals surface area contributed by atoms with Crippen molar-refractivity contribution in [1.29, 1.82) is 0 Å². The fraction of sp³-hybridized carbons (Fsp3) is 0.938. The van der Waals surface area contributed by atoms with E-state index in [1.807, 2.05) is 6.82 Å². The molecule has 3 rings (SSSR count). The van der Waals surface area contributed by atoms with E-state index in [9.17, 15) is 9.82 Å². The number of hydrogen-bond acceptors (Lipinski definition) is 3. The van der Waals surface area contributed by atoms with E-state index in [1.165, 1.54) is 25.7 Å². The zero-order chi connectivity index (χ0) is 15.2. The Hall–Kier alpha value is -0.545. The van der Waals surface area contributed by atoms with Gasteiger partial charge in [0.15, 0.2) is 0 Å². The smallest absolute Gasteiger partial charge is 0.376 e. The minimum Gasteiger partial charge on any atom is -0.437 e. The third-order valence-electron chi connectivity index (χ3n) is 6.23. The molecule has 1 spiro atoms. The Balaban J connectivity index is 1.85. The molecule has 2 aliphatic heterocycles. The fourth-order valence-corrected chi connectivity index (χ4v) is 5.15. The lowest BCUT2D eigenvalue weighted by atomic mass is 9.63. The highest BCUT2D eigenvalue weighted by atomic mass is 16.2. The van der Waals surface area contributed by atoms with Crippen LogP contribution >= 0.6 is 0 Å². The van der Waals surface area contributed by atoms with Crippen LogP contribution in [0.3, 0.4) is 0 Å². The third kappa shape index (κ3) is 2.33. The van der Waals surface area contributed by atoms with Crippen molar-refractivity contribution in [2.75, 3.05) is 13.1 Å². The molecule has 1 aliphatic carbocycles. The molecular formula is C16H29BN2O2. The van der Waals surface area contributed by atoms with Crippen LogP contribution in [0, 0.1) is 11.3 Å². The van der Waals surface area contributed by atoms with E-state index in [0.717, 1.165) is 25.9 Å². The van der Waals surface area contributed by atoms with Crippen LogP contribution in [-0.4, -0.2) is 52.9 Å². The molecule has 21 heavy (non-hydrogen) atoms.